The van der Waals surface area contributed by atoms with E-state index in [1.165, 1.54) is 11.6 Å². The lowest BCUT2D eigenvalue weighted by atomic mass is 10.1. The van der Waals surface area contributed by atoms with Crippen LogP contribution in [0.25, 0.3) is 0 Å². The molecule has 1 amide bonds. The molecule has 0 aromatic heterocycles. The Bertz CT molecular complexity index is 1010. The number of sulfonamides is 1. The molecule has 0 bridgehead atoms. The number of anilines is 1. The average Bonchev–Trinajstić information content (AvgIpc) is 2.67. The highest BCUT2D eigenvalue weighted by Crippen LogP contribution is 2.21. The summed E-state index contributed by atoms with van der Waals surface area (Å²) < 4.78 is 28.3. The molecule has 0 fully saturated rings. The van der Waals surface area contributed by atoms with Crippen molar-refractivity contribution >= 4 is 21.6 Å². The summed E-state index contributed by atoms with van der Waals surface area (Å²) in [6.45, 7) is 5.79. The molecule has 0 saturated heterocycles. The van der Waals surface area contributed by atoms with Crippen molar-refractivity contribution < 1.29 is 13.2 Å². The van der Waals surface area contributed by atoms with E-state index < -0.39 is 10.0 Å². The summed E-state index contributed by atoms with van der Waals surface area (Å²) in [6.07, 6.45) is 2.97. The Labute approximate surface area is 166 Å². The molecule has 2 aromatic carbocycles. The molecule has 6 nitrogen and oxygen atoms in total. The second-order valence-corrected chi connectivity index (χ2v) is 8.61. The Balaban J connectivity index is 1.78. The Hall–Kier alpha value is -2.64. The van der Waals surface area contributed by atoms with Gasteiger partial charge in [0.25, 0.3) is 15.9 Å². The van der Waals surface area contributed by atoms with Crippen LogP contribution in [-0.4, -0.2) is 34.0 Å². The van der Waals surface area contributed by atoms with Crippen molar-refractivity contribution in [1.82, 2.24) is 10.6 Å². The van der Waals surface area contributed by atoms with Crippen LogP contribution in [0.4, 0.5) is 5.69 Å². The number of aryl methyl sites for hydroxylation is 2. The van der Waals surface area contributed by atoms with Gasteiger partial charge in [0.05, 0.1) is 4.90 Å². The van der Waals surface area contributed by atoms with Crippen LogP contribution in [0.2, 0.25) is 0 Å². The fraction of sp³-hybridized carbons (Fsp3) is 0.286. The van der Waals surface area contributed by atoms with Crippen molar-refractivity contribution in [2.45, 2.75) is 25.2 Å². The maximum Gasteiger partial charge on any atom is 0.262 e. The first-order valence-corrected chi connectivity index (χ1v) is 10.7. The third-order valence-electron chi connectivity index (χ3n) is 4.64. The minimum atomic E-state index is -3.80. The van der Waals surface area contributed by atoms with Gasteiger partial charge >= 0.3 is 0 Å². The summed E-state index contributed by atoms with van der Waals surface area (Å²) in [4.78, 5) is 12.6. The first kappa shape index (κ1) is 20.1. The average molecular weight is 400 g/mol. The molecule has 3 rings (SSSR count). The maximum absolute atomic E-state index is 12.9. The fourth-order valence-electron chi connectivity index (χ4n) is 3.08. The maximum atomic E-state index is 12.9. The van der Waals surface area contributed by atoms with Crippen molar-refractivity contribution in [2.75, 3.05) is 24.4 Å². The number of benzene rings is 2. The molecule has 148 valence electrons. The molecule has 1 aliphatic heterocycles. The zero-order chi connectivity index (χ0) is 20.1. The van der Waals surface area contributed by atoms with Crippen LogP contribution in [0.15, 0.2) is 59.0 Å². The fourth-order valence-corrected chi connectivity index (χ4v) is 4.40. The monoisotopic (exact) mass is 399 g/mol. The Kier molecular flexibility index (Phi) is 6.16. The highest BCUT2D eigenvalue weighted by atomic mass is 32.2. The normalized spacial score (nSPS) is 14.3. The summed E-state index contributed by atoms with van der Waals surface area (Å²) in [6, 6.07) is 11.9. The number of amides is 1. The van der Waals surface area contributed by atoms with Crippen molar-refractivity contribution in [1.29, 1.82) is 0 Å². The lowest BCUT2D eigenvalue weighted by Crippen LogP contribution is -2.29. The van der Waals surface area contributed by atoms with Crippen LogP contribution in [0.5, 0.6) is 0 Å². The molecule has 0 unspecified atom stereocenters. The topological polar surface area (TPSA) is 87.3 Å². The largest absolute Gasteiger partial charge is 0.348 e. The van der Waals surface area contributed by atoms with Gasteiger partial charge in [-0.05, 0) is 62.2 Å². The molecular formula is C21H25N3O3S. The van der Waals surface area contributed by atoms with E-state index in [0.29, 0.717) is 23.4 Å². The molecular weight excluding hydrogens is 374 g/mol. The summed E-state index contributed by atoms with van der Waals surface area (Å²) in [5.74, 6) is -0.286. The number of carbonyl (C=O) groups excluding carboxylic acids is 1. The SMILES string of the molecule is Cc1cccc(NS(=O)(=O)c2cc(C(=O)NCC3=CCNCC3)ccc2C)c1. The third-order valence-corrected chi connectivity index (χ3v) is 6.17. The molecule has 3 N–H and O–H groups in total. The minimum Gasteiger partial charge on any atom is -0.348 e. The number of rotatable bonds is 6. The first-order chi connectivity index (χ1) is 13.3. The van der Waals surface area contributed by atoms with Crippen molar-refractivity contribution in [3.8, 4) is 0 Å². The molecule has 1 heterocycles. The zero-order valence-corrected chi connectivity index (χ0v) is 16.9. The van der Waals surface area contributed by atoms with E-state index >= 15 is 0 Å². The van der Waals surface area contributed by atoms with Gasteiger partial charge in [0.1, 0.15) is 0 Å². The molecule has 7 heteroatoms. The molecule has 0 radical (unpaired) electrons. The standard InChI is InChI=1S/C21H25N3O3S/c1-15-4-3-5-19(12-15)24-28(26,27)20-13-18(7-6-16(20)2)21(25)23-14-17-8-10-22-11-9-17/h3-8,12-13,22,24H,9-11,14H2,1-2H3,(H,23,25). The lowest BCUT2D eigenvalue weighted by molar-refractivity contribution is 0.0956. The quantitative estimate of drug-likeness (QED) is 0.652. The Morgan fingerprint density at radius 3 is 2.68 bits per heavy atom. The second-order valence-electron chi connectivity index (χ2n) is 6.95. The molecule has 0 atom stereocenters. The number of carbonyl (C=O) groups is 1. The second kappa shape index (κ2) is 8.58. The van der Waals surface area contributed by atoms with Gasteiger partial charge in [-0.2, -0.15) is 0 Å². The summed E-state index contributed by atoms with van der Waals surface area (Å²) in [5, 5.41) is 6.10. The van der Waals surface area contributed by atoms with E-state index in [9.17, 15) is 13.2 Å². The van der Waals surface area contributed by atoms with Crippen LogP contribution in [-0.2, 0) is 10.0 Å². The van der Waals surface area contributed by atoms with Crippen molar-refractivity contribution in [3.05, 3.63) is 70.8 Å². The molecule has 0 spiro atoms. The van der Waals surface area contributed by atoms with E-state index in [2.05, 4.69) is 21.4 Å². The van der Waals surface area contributed by atoms with E-state index in [4.69, 9.17) is 0 Å². The Morgan fingerprint density at radius 1 is 1.14 bits per heavy atom. The van der Waals surface area contributed by atoms with E-state index in [1.54, 1.807) is 37.3 Å². The van der Waals surface area contributed by atoms with Gasteiger partial charge < -0.3 is 10.6 Å². The number of nitrogens with one attached hydrogen (secondary N) is 3. The highest BCUT2D eigenvalue weighted by Gasteiger charge is 2.19. The Morgan fingerprint density at radius 2 is 1.96 bits per heavy atom. The predicted molar refractivity (Wildman–Crippen MR) is 111 cm³/mol. The van der Waals surface area contributed by atoms with E-state index in [-0.39, 0.29) is 10.8 Å². The van der Waals surface area contributed by atoms with Gasteiger partial charge in [-0.25, -0.2) is 8.42 Å². The molecule has 0 aliphatic carbocycles. The van der Waals surface area contributed by atoms with Crippen LogP contribution in [0.3, 0.4) is 0 Å². The number of hydrogen-bond donors (Lipinski definition) is 3. The van der Waals surface area contributed by atoms with Gasteiger partial charge in [-0.15, -0.1) is 0 Å². The van der Waals surface area contributed by atoms with Crippen LogP contribution >= 0.6 is 0 Å². The van der Waals surface area contributed by atoms with E-state index in [1.807, 2.05) is 13.0 Å². The molecule has 28 heavy (non-hydrogen) atoms. The summed E-state index contributed by atoms with van der Waals surface area (Å²) >= 11 is 0. The molecule has 2 aromatic rings. The molecule has 0 saturated carbocycles. The smallest absolute Gasteiger partial charge is 0.262 e. The van der Waals surface area contributed by atoms with Crippen molar-refractivity contribution in [2.24, 2.45) is 0 Å². The lowest BCUT2D eigenvalue weighted by Gasteiger charge is -2.15. The van der Waals surface area contributed by atoms with Crippen LogP contribution in [0.1, 0.15) is 27.9 Å². The summed E-state index contributed by atoms with van der Waals surface area (Å²) in [5.41, 5.74) is 3.53. The predicted octanol–water partition coefficient (Wildman–Crippen LogP) is 2.75. The molecule has 1 aliphatic rings. The van der Waals surface area contributed by atoms with Gasteiger partial charge in [0.15, 0.2) is 0 Å². The third kappa shape index (κ3) is 4.99. The number of hydrogen-bond acceptors (Lipinski definition) is 4. The van der Waals surface area contributed by atoms with Gasteiger partial charge in [-0.3, -0.25) is 9.52 Å². The van der Waals surface area contributed by atoms with Crippen LogP contribution in [0, 0.1) is 13.8 Å². The van der Waals surface area contributed by atoms with Crippen molar-refractivity contribution in [3.63, 3.8) is 0 Å². The van der Waals surface area contributed by atoms with E-state index in [0.717, 1.165) is 25.1 Å². The zero-order valence-electron chi connectivity index (χ0n) is 16.1. The van der Waals surface area contributed by atoms with Gasteiger partial charge in [0, 0.05) is 24.3 Å². The van der Waals surface area contributed by atoms with Gasteiger partial charge in [-0.1, -0.05) is 29.8 Å². The van der Waals surface area contributed by atoms with Gasteiger partial charge in [0.2, 0.25) is 0 Å². The summed E-state index contributed by atoms with van der Waals surface area (Å²) in [7, 11) is -3.80. The van der Waals surface area contributed by atoms with Crippen LogP contribution < -0.4 is 15.4 Å². The highest BCUT2D eigenvalue weighted by molar-refractivity contribution is 7.92. The first-order valence-electron chi connectivity index (χ1n) is 9.22. The minimum absolute atomic E-state index is 0.0998.